The first kappa shape index (κ1) is 26.5. The average molecular weight is 613 g/mol. The first-order chi connectivity index (χ1) is 23.3. The van der Waals surface area contributed by atoms with Gasteiger partial charge in [0.05, 0.1) is 0 Å². The third-order valence-corrected chi connectivity index (χ3v) is 11.1. The summed E-state index contributed by atoms with van der Waals surface area (Å²) in [5.74, 6) is 0. The standard InChI is InChI=1S/C46H28S/c1-2-11-34-30(10-1)22-23-31-24-27-33(28-42(31)34)29-20-25-32(26-21-29)44-36-13-3-5-15-38(36)45(39-16-6-4-14-37(39)44)41-18-9-17-40-35-12-7-8-19-43(35)47-46(40)41/h1-28H. The third kappa shape index (κ3) is 4.07. The number of thiophene rings is 1. The molecule has 0 aliphatic heterocycles. The van der Waals surface area contributed by atoms with Crippen LogP contribution in [0.5, 0.6) is 0 Å². The van der Waals surface area contributed by atoms with Crippen molar-refractivity contribution in [3.8, 4) is 33.4 Å². The summed E-state index contributed by atoms with van der Waals surface area (Å²) in [5, 5.41) is 12.9. The van der Waals surface area contributed by atoms with Crippen molar-refractivity contribution in [3.05, 3.63) is 170 Å². The number of hydrogen-bond acceptors (Lipinski definition) is 1. The molecule has 0 aliphatic carbocycles. The molecule has 10 rings (SSSR count). The van der Waals surface area contributed by atoms with Crippen molar-refractivity contribution in [2.45, 2.75) is 0 Å². The van der Waals surface area contributed by atoms with Gasteiger partial charge in [0.15, 0.2) is 0 Å². The lowest BCUT2D eigenvalue weighted by molar-refractivity contribution is 1.63. The minimum absolute atomic E-state index is 1.23. The highest BCUT2D eigenvalue weighted by molar-refractivity contribution is 7.26. The zero-order chi connectivity index (χ0) is 30.9. The van der Waals surface area contributed by atoms with Crippen LogP contribution in [-0.4, -0.2) is 0 Å². The number of hydrogen-bond donors (Lipinski definition) is 0. The quantitative estimate of drug-likeness (QED) is 0.138. The molecule has 0 N–H and O–H groups in total. The molecule has 9 aromatic carbocycles. The van der Waals surface area contributed by atoms with E-state index < -0.39 is 0 Å². The second kappa shape index (κ2) is 10.4. The van der Waals surface area contributed by atoms with Crippen LogP contribution in [0.1, 0.15) is 0 Å². The topological polar surface area (TPSA) is 0 Å². The lowest BCUT2D eigenvalue weighted by Crippen LogP contribution is -1.91. The van der Waals surface area contributed by atoms with Crippen LogP contribution in [-0.2, 0) is 0 Å². The molecule has 0 spiro atoms. The SMILES string of the molecule is c1ccc2c(c1)ccc1ccc(-c3ccc(-c4c5ccccc5c(-c5cccc6c5sc5ccccc56)c5ccccc45)cc3)cc12. The molecular weight excluding hydrogens is 585 g/mol. The second-order valence-corrected chi connectivity index (χ2v) is 13.5. The van der Waals surface area contributed by atoms with Gasteiger partial charge in [0, 0.05) is 25.7 Å². The Morgan fingerprint density at radius 1 is 0.298 bits per heavy atom. The maximum atomic E-state index is 2.35. The fourth-order valence-corrected chi connectivity index (χ4v) is 8.91. The summed E-state index contributed by atoms with van der Waals surface area (Å²) in [6, 6.07) is 62.7. The van der Waals surface area contributed by atoms with Crippen molar-refractivity contribution in [1.29, 1.82) is 0 Å². The molecule has 218 valence electrons. The van der Waals surface area contributed by atoms with Crippen LogP contribution in [0.15, 0.2) is 170 Å². The van der Waals surface area contributed by atoms with Gasteiger partial charge in [0.2, 0.25) is 0 Å². The molecule has 0 radical (unpaired) electrons. The predicted molar refractivity (Wildman–Crippen MR) is 206 cm³/mol. The second-order valence-electron chi connectivity index (χ2n) is 12.4. The lowest BCUT2D eigenvalue weighted by Gasteiger charge is -2.18. The Bertz CT molecular complexity index is 2780. The highest BCUT2D eigenvalue weighted by Gasteiger charge is 2.19. The van der Waals surface area contributed by atoms with Crippen molar-refractivity contribution in [2.75, 3.05) is 0 Å². The van der Waals surface area contributed by atoms with Gasteiger partial charge in [-0.05, 0) is 83.0 Å². The Morgan fingerprint density at radius 2 is 0.809 bits per heavy atom. The first-order valence-electron chi connectivity index (χ1n) is 16.2. The molecule has 0 unspecified atom stereocenters. The molecule has 1 heteroatoms. The molecule has 0 nitrogen and oxygen atoms in total. The van der Waals surface area contributed by atoms with E-state index in [0.29, 0.717) is 0 Å². The molecule has 1 aromatic heterocycles. The van der Waals surface area contributed by atoms with Gasteiger partial charge in [0.1, 0.15) is 0 Å². The number of fused-ring (bicyclic) bond motifs is 8. The normalized spacial score (nSPS) is 11.8. The molecule has 0 atom stereocenters. The maximum absolute atomic E-state index is 2.35. The summed E-state index contributed by atoms with van der Waals surface area (Å²) >= 11 is 1.90. The van der Waals surface area contributed by atoms with Crippen LogP contribution in [0, 0.1) is 0 Å². The fraction of sp³-hybridized carbons (Fsp3) is 0. The van der Waals surface area contributed by atoms with E-state index in [0.717, 1.165) is 0 Å². The van der Waals surface area contributed by atoms with E-state index in [-0.39, 0.29) is 0 Å². The molecule has 0 saturated heterocycles. The van der Waals surface area contributed by atoms with E-state index in [1.165, 1.54) is 96.6 Å². The summed E-state index contributed by atoms with van der Waals surface area (Å²) in [6.45, 7) is 0. The zero-order valence-electron chi connectivity index (χ0n) is 25.6. The van der Waals surface area contributed by atoms with Crippen molar-refractivity contribution in [2.24, 2.45) is 0 Å². The van der Waals surface area contributed by atoms with Gasteiger partial charge in [-0.1, -0.05) is 158 Å². The summed E-state index contributed by atoms with van der Waals surface area (Å²) in [6.07, 6.45) is 0. The molecule has 0 fully saturated rings. The first-order valence-corrected chi connectivity index (χ1v) is 17.0. The van der Waals surface area contributed by atoms with Gasteiger partial charge < -0.3 is 0 Å². The Hall–Kier alpha value is -5.76. The minimum Gasteiger partial charge on any atom is -0.135 e. The molecule has 0 aliphatic rings. The van der Waals surface area contributed by atoms with E-state index in [9.17, 15) is 0 Å². The van der Waals surface area contributed by atoms with Crippen LogP contribution in [0.3, 0.4) is 0 Å². The van der Waals surface area contributed by atoms with Gasteiger partial charge >= 0.3 is 0 Å². The molecule has 1 heterocycles. The summed E-state index contributed by atoms with van der Waals surface area (Å²) in [5.41, 5.74) is 7.62. The van der Waals surface area contributed by atoms with Crippen molar-refractivity contribution < 1.29 is 0 Å². The predicted octanol–water partition coefficient (Wildman–Crippen LogP) is 13.7. The van der Waals surface area contributed by atoms with E-state index in [1.807, 2.05) is 11.3 Å². The zero-order valence-corrected chi connectivity index (χ0v) is 26.4. The van der Waals surface area contributed by atoms with Gasteiger partial charge in [-0.25, -0.2) is 0 Å². The van der Waals surface area contributed by atoms with Gasteiger partial charge in [0.25, 0.3) is 0 Å². The molecule has 10 aromatic rings. The number of rotatable bonds is 3. The number of benzene rings is 9. The largest absolute Gasteiger partial charge is 0.135 e. The Kier molecular flexibility index (Phi) is 5.85. The van der Waals surface area contributed by atoms with Gasteiger partial charge in [-0.3, -0.25) is 0 Å². The molecule has 0 saturated carbocycles. The van der Waals surface area contributed by atoms with Gasteiger partial charge in [-0.15, -0.1) is 11.3 Å². The van der Waals surface area contributed by atoms with Crippen molar-refractivity contribution in [3.63, 3.8) is 0 Å². The van der Waals surface area contributed by atoms with Crippen LogP contribution in [0.4, 0.5) is 0 Å². The summed E-state index contributed by atoms with van der Waals surface area (Å²) in [4.78, 5) is 0. The van der Waals surface area contributed by atoms with E-state index in [4.69, 9.17) is 0 Å². The van der Waals surface area contributed by atoms with E-state index >= 15 is 0 Å². The van der Waals surface area contributed by atoms with Crippen LogP contribution in [0.25, 0.3) is 96.6 Å². The van der Waals surface area contributed by atoms with Crippen LogP contribution < -0.4 is 0 Å². The highest BCUT2D eigenvalue weighted by Crippen LogP contribution is 2.47. The summed E-state index contributed by atoms with van der Waals surface area (Å²) < 4.78 is 2.68. The Balaban J connectivity index is 1.17. The lowest BCUT2D eigenvalue weighted by atomic mass is 9.85. The fourth-order valence-electron chi connectivity index (χ4n) is 7.68. The monoisotopic (exact) mass is 612 g/mol. The van der Waals surface area contributed by atoms with Crippen molar-refractivity contribution >= 4 is 74.6 Å². The minimum atomic E-state index is 1.23. The third-order valence-electron chi connectivity index (χ3n) is 9.86. The Morgan fingerprint density at radius 3 is 1.53 bits per heavy atom. The molecular formula is C46H28S. The van der Waals surface area contributed by atoms with E-state index in [2.05, 4.69) is 170 Å². The molecule has 0 bridgehead atoms. The highest BCUT2D eigenvalue weighted by atomic mass is 32.1. The van der Waals surface area contributed by atoms with Crippen LogP contribution in [0.2, 0.25) is 0 Å². The van der Waals surface area contributed by atoms with Gasteiger partial charge in [-0.2, -0.15) is 0 Å². The van der Waals surface area contributed by atoms with Crippen molar-refractivity contribution in [1.82, 2.24) is 0 Å². The average Bonchev–Trinajstić information content (AvgIpc) is 3.53. The van der Waals surface area contributed by atoms with E-state index in [1.54, 1.807) is 0 Å². The van der Waals surface area contributed by atoms with Crippen LogP contribution >= 0.6 is 11.3 Å². The summed E-state index contributed by atoms with van der Waals surface area (Å²) in [7, 11) is 0. The smallest absolute Gasteiger partial charge is 0.0434 e. The maximum Gasteiger partial charge on any atom is 0.0434 e. The molecule has 0 amide bonds. The molecule has 47 heavy (non-hydrogen) atoms. The Labute approximate surface area is 276 Å².